The molecule has 0 bridgehead atoms. The Morgan fingerprint density at radius 2 is 1.55 bits per heavy atom. The van der Waals surface area contributed by atoms with Crippen LogP contribution in [-0.2, 0) is 19.2 Å². The highest BCUT2D eigenvalue weighted by Gasteiger charge is 2.69. The average Bonchev–Trinajstić information content (AvgIpc) is 3.22. The van der Waals surface area contributed by atoms with Crippen LogP contribution in [0.4, 0.5) is 13.6 Å². The summed E-state index contributed by atoms with van der Waals surface area (Å²) in [6, 6.07) is -4.11. The fourth-order valence-corrected chi connectivity index (χ4v) is 7.75. The van der Waals surface area contributed by atoms with E-state index in [0.717, 1.165) is 64.2 Å². The lowest BCUT2D eigenvalue weighted by Gasteiger charge is -2.39. The lowest BCUT2D eigenvalue weighted by atomic mass is 9.82. The molecule has 1 heterocycles. The van der Waals surface area contributed by atoms with Gasteiger partial charge in [0.2, 0.25) is 23.5 Å². The zero-order valence-electron chi connectivity index (χ0n) is 25.3. The molecule has 5 amide bonds. The summed E-state index contributed by atoms with van der Waals surface area (Å²) < 4.78 is 27.8. The van der Waals surface area contributed by atoms with Gasteiger partial charge in [0.1, 0.15) is 18.1 Å². The summed E-state index contributed by atoms with van der Waals surface area (Å²) in [7, 11) is 0. The number of Topliss-reactive ketones (excluding diaryl/α,β-unsaturated/α-hetero) is 1. The molecule has 4 aliphatic rings. The van der Waals surface area contributed by atoms with Crippen LogP contribution in [0.25, 0.3) is 0 Å². The van der Waals surface area contributed by atoms with Crippen LogP contribution in [0.5, 0.6) is 0 Å². The van der Waals surface area contributed by atoms with Crippen LogP contribution >= 0.6 is 0 Å². The number of fused-ring (bicyclic) bond motifs is 1. The van der Waals surface area contributed by atoms with Crippen molar-refractivity contribution in [3.8, 4) is 0 Å². The number of nitrogens with one attached hydrogen (secondary N) is 3. The van der Waals surface area contributed by atoms with E-state index in [4.69, 9.17) is 5.73 Å². The Balaban J connectivity index is 1.56. The molecule has 1 unspecified atom stereocenters. The van der Waals surface area contributed by atoms with Crippen molar-refractivity contribution in [3.63, 3.8) is 0 Å². The number of hydrogen-bond donors (Lipinski definition) is 4. The number of carbonyl (C=O) groups is 5. The molecule has 236 valence electrons. The smallest absolute Gasteiger partial charge is 0.315 e. The van der Waals surface area contributed by atoms with E-state index >= 15 is 0 Å². The molecule has 12 heteroatoms. The number of rotatable bonds is 10. The second-order valence-corrected chi connectivity index (χ2v) is 14.0. The minimum absolute atomic E-state index is 0.00269. The summed E-state index contributed by atoms with van der Waals surface area (Å²) in [4.78, 5) is 66.6. The molecule has 10 nitrogen and oxygen atoms in total. The summed E-state index contributed by atoms with van der Waals surface area (Å²) in [5.74, 6) is -7.61. The Morgan fingerprint density at radius 1 is 0.952 bits per heavy atom. The van der Waals surface area contributed by atoms with Crippen molar-refractivity contribution < 1.29 is 32.8 Å². The maximum Gasteiger partial charge on any atom is 0.315 e. The molecule has 4 fully saturated rings. The van der Waals surface area contributed by atoms with Crippen LogP contribution in [0.2, 0.25) is 0 Å². The Hall–Kier alpha value is -2.79. The van der Waals surface area contributed by atoms with Gasteiger partial charge in [-0.25, -0.2) is 13.6 Å². The Morgan fingerprint density at radius 3 is 2.12 bits per heavy atom. The number of alkyl halides is 2. The van der Waals surface area contributed by atoms with E-state index in [1.54, 1.807) is 0 Å². The van der Waals surface area contributed by atoms with Gasteiger partial charge in [-0.15, -0.1) is 0 Å². The van der Waals surface area contributed by atoms with Gasteiger partial charge < -0.3 is 26.6 Å². The maximum absolute atomic E-state index is 14.2. The highest BCUT2D eigenvalue weighted by atomic mass is 19.3. The van der Waals surface area contributed by atoms with Crippen molar-refractivity contribution in [3.05, 3.63) is 0 Å². The van der Waals surface area contributed by atoms with Crippen molar-refractivity contribution in [2.45, 2.75) is 128 Å². The Bertz CT molecular complexity index is 1080. The molecule has 5 N–H and O–H groups in total. The van der Waals surface area contributed by atoms with E-state index in [2.05, 4.69) is 16.0 Å². The third-order valence-corrected chi connectivity index (χ3v) is 10.2. The van der Waals surface area contributed by atoms with Gasteiger partial charge in [-0.05, 0) is 62.7 Å². The fourth-order valence-electron chi connectivity index (χ4n) is 7.75. The van der Waals surface area contributed by atoms with Gasteiger partial charge in [0, 0.05) is 18.5 Å². The predicted molar refractivity (Wildman–Crippen MR) is 151 cm³/mol. The summed E-state index contributed by atoms with van der Waals surface area (Å²) in [5, 5.41) is 8.39. The van der Waals surface area contributed by atoms with Gasteiger partial charge in [0.05, 0.1) is 0 Å². The number of piperidine rings is 1. The molecule has 3 saturated carbocycles. The Kier molecular flexibility index (Phi) is 9.23. The van der Waals surface area contributed by atoms with Gasteiger partial charge >= 0.3 is 6.03 Å². The van der Waals surface area contributed by atoms with E-state index in [1.807, 2.05) is 20.8 Å². The number of amides is 5. The van der Waals surface area contributed by atoms with E-state index in [9.17, 15) is 32.8 Å². The number of carbonyl (C=O) groups excluding carboxylic acids is 5. The van der Waals surface area contributed by atoms with E-state index in [0.29, 0.717) is 6.92 Å². The highest BCUT2D eigenvalue weighted by Crippen LogP contribution is 2.65. The first-order valence-corrected chi connectivity index (χ1v) is 15.4. The van der Waals surface area contributed by atoms with Crippen molar-refractivity contribution in [2.24, 2.45) is 28.9 Å². The van der Waals surface area contributed by atoms with Crippen LogP contribution in [0, 0.1) is 23.2 Å². The van der Waals surface area contributed by atoms with Gasteiger partial charge in [0.25, 0.3) is 5.91 Å². The number of nitrogens with two attached hydrogens (primary N) is 1. The van der Waals surface area contributed by atoms with Crippen LogP contribution in [0.1, 0.15) is 98.3 Å². The third kappa shape index (κ3) is 7.05. The van der Waals surface area contributed by atoms with Crippen molar-refractivity contribution in [1.29, 1.82) is 0 Å². The second-order valence-electron chi connectivity index (χ2n) is 14.0. The molecule has 4 rings (SSSR count). The van der Waals surface area contributed by atoms with E-state index in [1.165, 1.54) is 4.90 Å². The van der Waals surface area contributed by atoms with Crippen molar-refractivity contribution in [2.75, 3.05) is 6.54 Å². The number of likely N-dealkylation sites (tertiary alicyclic amines) is 1. The summed E-state index contributed by atoms with van der Waals surface area (Å²) in [6.45, 7) is 6.84. The standard InChI is InChI=1S/C30H47F2N5O5/c1-28(2)18-16-37(22(20(18)28)25(40)34-19(15-30(4,31)32)23(38)24(33)39)26(41)21(17-11-7-5-8-12-17)35-27(42)36-29(3)13-9-6-10-14-29/h17-22H,5-16H2,1-4H3,(H2,33,39)(H,34,40)(H2,35,36,42)/t18-,19?,20-,21-,22-/m0/s1. The molecule has 0 aromatic carbocycles. The maximum atomic E-state index is 14.2. The number of urea groups is 1. The number of ketones is 1. The molecular weight excluding hydrogens is 548 g/mol. The topological polar surface area (TPSA) is 151 Å². The zero-order chi connectivity index (χ0) is 31.0. The first-order valence-electron chi connectivity index (χ1n) is 15.4. The first kappa shape index (κ1) is 32.1. The van der Waals surface area contributed by atoms with Gasteiger partial charge in [-0.1, -0.05) is 52.4 Å². The monoisotopic (exact) mass is 595 g/mol. The molecule has 0 radical (unpaired) electrons. The van der Waals surface area contributed by atoms with Gasteiger partial charge in [-0.2, -0.15) is 0 Å². The molecule has 0 aromatic rings. The molecule has 1 saturated heterocycles. The van der Waals surface area contributed by atoms with Crippen LogP contribution in [0.3, 0.4) is 0 Å². The van der Waals surface area contributed by atoms with Crippen molar-refractivity contribution in [1.82, 2.24) is 20.9 Å². The number of nitrogens with zero attached hydrogens (tertiary/aromatic N) is 1. The lowest BCUT2D eigenvalue weighted by molar-refractivity contribution is -0.145. The SMILES string of the molecule is CC(F)(F)CC(NC(=O)[C@@H]1[C@@H]2[C@H](CN1C(=O)[C@@H](NC(=O)NC1(C)CCCCC1)C1CCCCC1)C2(C)C)C(=O)C(N)=O. The minimum Gasteiger partial charge on any atom is -0.363 e. The summed E-state index contributed by atoms with van der Waals surface area (Å²) in [5.41, 5.74) is 4.45. The van der Waals surface area contributed by atoms with Crippen molar-refractivity contribution >= 4 is 29.5 Å². The molecule has 42 heavy (non-hydrogen) atoms. The number of primary amides is 1. The summed E-state index contributed by atoms with van der Waals surface area (Å²) >= 11 is 0. The quantitative estimate of drug-likeness (QED) is 0.286. The molecule has 0 aromatic heterocycles. The fraction of sp³-hybridized carbons (Fsp3) is 0.833. The first-order chi connectivity index (χ1) is 19.5. The molecule has 0 spiro atoms. The number of halogens is 2. The van der Waals surface area contributed by atoms with E-state index in [-0.39, 0.29) is 41.2 Å². The van der Waals surface area contributed by atoms with Crippen LogP contribution in [0.15, 0.2) is 0 Å². The molecule has 3 aliphatic carbocycles. The van der Waals surface area contributed by atoms with Gasteiger partial charge in [-0.3, -0.25) is 19.2 Å². The summed E-state index contributed by atoms with van der Waals surface area (Å²) in [6.07, 6.45) is 8.23. The number of hydrogen-bond acceptors (Lipinski definition) is 5. The molecule has 1 aliphatic heterocycles. The molecule has 5 atom stereocenters. The highest BCUT2D eigenvalue weighted by molar-refractivity contribution is 6.37. The predicted octanol–water partition coefficient (Wildman–Crippen LogP) is 3.02. The normalized spacial score (nSPS) is 28.1. The Labute approximate surface area is 246 Å². The third-order valence-electron chi connectivity index (χ3n) is 10.2. The largest absolute Gasteiger partial charge is 0.363 e. The van der Waals surface area contributed by atoms with Gasteiger partial charge in [0.15, 0.2) is 0 Å². The molecular formula is C30H47F2N5O5. The van der Waals surface area contributed by atoms with Crippen LogP contribution in [-0.4, -0.2) is 70.6 Å². The lowest BCUT2D eigenvalue weighted by Crippen LogP contribution is -2.61. The zero-order valence-corrected chi connectivity index (χ0v) is 25.3. The van der Waals surface area contributed by atoms with E-state index < -0.39 is 54.1 Å². The second kappa shape index (κ2) is 12.1. The minimum atomic E-state index is -3.35. The average molecular weight is 596 g/mol. The van der Waals surface area contributed by atoms with Crippen LogP contribution < -0.4 is 21.7 Å².